The van der Waals surface area contributed by atoms with Gasteiger partial charge < -0.3 is 9.47 Å². The summed E-state index contributed by atoms with van der Waals surface area (Å²) in [4.78, 5) is 16.9. The molecule has 29 heavy (non-hydrogen) atoms. The van der Waals surface area contributed by atoms with E-state index in [-0.39, 0.29) is 12.4 Å². The summed E-state index contributed by atoms with van der Waals surface area (Å²) >= 11 is 6.55. The molecule has 2 aromatic carbocycles. The summed E-state index contributed by atoms with van der Waals surface area (Å²) in [5, 5.41) is 1.29. The van der Waals surface area contributed by atoms with Gasteiger partial charge in [-0.1, -0.05) is 43.6 Å². The number of fused-ring (bicyclic) bond motifs is 1. The minimum atomic E-state index is -0.321. The van der Waals surface area contributed by atoms with Crippen molar-refractivity contribution in [1.29, 1.82) is 0 Å². The number of esters is 1. The third-order valence-corrected chi connectivity index (χ3v) is 5.04. The van der Waals surface area contributed by atoms with Gasteiger partial charge in [0.15, 0.2) is 0 Å². The van der Waals surface area contributed by atoms with Gasteiger partial charge in [0.2, 0.25) is 0 Å². The van der Waals surface area contributed by atoms with Gasteiger partial charge in [0.05, 0.1) is 25.7 Å². The van der Waals surface area contributed by atoms with Crippen molar-refractivity contribution in [3.05, 3.63) is 58.7 Å². The topological polar surface area (TPSA) is 48.4 Å². The number of nitrogens with zero attached hydrogens (tertiary/aromatic N) is 1. The third-order valence-electron chi connectivity index (χ3n) is 4.73. The molecular formula is C24H26ClNO3. The Morgan fingerprint density at radius 1 is 1.17 bits per heavy atom. The van der Waals surface area contributed by atoms with Crippen LogP contribution in [-0.4, -0.2) is 24.7 Å². The lowest BCUT2D eigenvalue weighted by atomic mass is 9.92. The maximum atomic E-state index is 12.3. The Morgan fingerprint density at radius 3 is 2.66 bits per heavy atom. The summed E-state index contributed by atoms with van der Waals surface area (Å²) in [5.41, 5.74) is 4.53. The van der Waals surface area contributed by atoms with Gasteiger partial charge in [0.1, 0.15) is 10.9 Å². The lowest BCUT2D eigenvalue weighted by molar-refractivity contribution is -0.142. The van der Waals surface area contributed by atoms with Crippen LogP contribution in [0.2, 0.25) is 5.15 Å². The molecule has 0 aliphatic rings. The summed E-state index contributed by atoms with van der Waals surface area (Å²) in [7, 11) is 1.64. The Bertz CT molecular complexity index is 1030. The van der Waals surface area contributed by atoms with E-state index in [0.29, 0.717) is 23.2 Å². The van der Waals surface area contributed by atoms with Crippen molar-refractivity contribution in [3.8, 4) is 16.9 Å². The highest BCUT2D eigenvalue weighted by atomic mass is 35.5. The van der Waals surface area contributed by atoms with Crippen LogP contribution < -0.4 is 4.74 Å². The number of pyridine rings is 1. The van der Waals surface area contributed by atoms with Gasteiger partial charge >= 0.3 is 5.97 Å². The van der Waals surface area contributed by atoms with Crippen LogP contribution in [0.3, 0.4) is 0 Å². The zero-order valence-electron chi connectivity index (χ0n) is 17.3. The van der Waals surface area contributed by atoms with Crippen LogP contribution in [-0.2, 0) is 22.4 Å². The molecule has 3 aromatic rings. The van der Waals surface area contributed by atoms with E-state index in [0.717, 1.165) is 34.2 Å². The van der Waals surface area contributed by atoms with Crippen LogP contribution in [0, 0.1) is 5.92 Å². The molecule has 3 rings (SSSR count). The first-order chi connectivity index (χ1) is 13.9. The number of ether oxygens (including phenoxy) is 2. The maximum Gasteiger partial charge on any atom is 0.310 e. The summed E-state index contributed by atoms with van der Waals surface area (Å²) in [5.74, 6) is 0.953. The fourth-order valence-corrected chi connectivity index (χ4v) is 3.80. The van der Waals surface area contributed by atoms with E-state index in [1.807, 2.05) is 30.3 Å². The van der Waals surface area contributed by atoms with Crippen molar-refractivity contribution >= 4 is 28.5 Å². The van der Waals surface area contributed by atoms with E-state index in [4.69, 9.17) is 21.1 Å². The van der Waals surface area contributed by atoms with E-state index >= 15 is 0 Å². The molecule has 0 spiro atoms. The van der Waals surface area contributed by atoms with Crippen LogP contribution in [0.15, 0.2) is 42.5 Å². The molecule has 0 fully saturated rings. The Balaban J connectivity index is 2.28. The number of benzene rings is 2. The molecule has 0 amide bonds. The molecule has 4 nitrogen and oxygen atoms in total. The second-order valence-corrected chi connectivity index (χ2v) is 7.78. The molecule has 0 aliphatic carbocycles. The van der Waals surface area contributed by atoms with Crippen molar-refractivity contribution in [2.45, 2.75) is 33.6 Å². The average molecular weight is 412 g/mol. The van der Waals surface area contributed by atoms with Crippen molar-refractivity contribution in [2.24, 2.45) is 5.92 Å². The Kier molecular flexibility index (Phi) is 6.75. The molecule has 0 aliphatic heterocycles. The molecule has 1 aromatic heterocycles. The number of hydrogen-bond donors (Lipinski definition) is 0. The van der Waals surface area contributed by atoms with Crippen LogP contribution in [0.5, 0.6) is 5.75 Å². The third kappa shape index (κ3) is 4.88. The molecular weight excluding hydrogens is 386 g/mol. The molecule has 0 bridgehead atoms. The number of hydrogen-bond acceptors (Lipinski definition) is 4. The van der Waals surface area contributed by atoms with E-state index in [9.17, 15) is 4.79 Å². The number of aromatic nitrogens is 1. The monoisotopic (exact) mass is 411 g/mol. The number of rotatable bonds is 7. The van der Waals surface area contributed by atoms with Gasteiger partial charge in [-0.05, 0) is 60.2 Å². The van der Waals surface area contributed by atoms with E-state index in [1.54, 1.807) is 14.0 Å². The Hall–Kier alpha value is -2.59. The molecule has 152 valence electrons. The van der Waals surface area contributed by atoms with Crippen molar-refractivity contribution in [2.75, 3.05) is 13.7 Å². The van der Waals surface area contributed by atoms with Crippen LogP contribution in [0.4, 0.5) is 0 Å². The number of methoxy groups -OCH3 is 1. The zero-order chi connectivity index (χ0) is 21.0. The predicted octanol–water partition coefficient (Wildman–Crippen LogP) is 5.87. The SMILES string of the molecule is CCOC(=O)Cc1c(Cl)nc2ccc(CC(C)C)cc2c1-c1cccc(OC)c1. The minimum absolute atomic E-state index is 0.0660. The molecule has 5 heteroatoms. The van der Waals surface area contributed by atoms with Crippen molar-refractivity contribution in [3.63, 3.8) is 0 Å². The van der Waals surface area contributed by atoms with Gasteiger partial charge in [-0.2, -0.15) is 0 Å². The fraction of sp³-hybridized carbons (Fsp3) is 0.333. The Morgan fingerprint density at radius 2 is 1.97 bits per heavy atom. The first kappa shape index (κ1) is 21.1. The molecule has 0 atom stereocenters. The predicted molar refractivity (Wildman–Crippen MR) is 118 cm³/mol. The standard InChI is InChI=1S/C24H26ClNO3/c1-5-29-22(27)14-20-23(17-7-6-8-18(13-17)28-4)19-12-16(11-15(2)3)9-10-21(19)26-24(20)25/h6-10,12-13,15H,5,11,14H2,1-4H3. The molecule has 0 N–H and O–H groups in total. The van der Waals surface area contributed by atoms with Gasteiger partial charge in [-0.25, -0.2) is 4.98 Å². The molecule has 0 saturated carbocycles. The summed E-state index contributed by atoms with van der Waals surface area (Å²) in [6.07, 6.45) is 1.03. The quantitative estimate of drug-likeness (QED) is 0.360. The van der Waals surface area contributed by atoms with Gasteiger partial charge in [-0.15, -0.1) is 0 Å². The van der Waals surface area contributed by atoms with Gasteiger partial charge in [0, 0.05) is 10.9 Å². The number of halogens is 1. The highest BCUT2D eigenvalue weighted by Crippen LogP contribution is 2.37. The van der Waals surface area contributed by atoms with Crippen molar-refractivity contribution < 1.29 is 14.3 Å². The lowest BCUT2D eigenvalue weighted by Crippen LogP contribution is -2.10. The van der Waals surface area contributed by atoms with E-state index < -0.39 is 0 Å². The minimum Gasteiger partial charge on any atom is -0.497 e. The zero-order valence-corrected chi connectivity index (χ0v) is 18.0. The Labute approximate surface area is 176 Å². The normalized spacial score (nSPS) is 11.1. The van der Waals surface area contributed by atoms with Crippen LogP contribution in [0.1, 0.15) is 31.9 Å². The van der Waals surface area contributed by atoms with Gasteiger partial charge in [0.25, 0.3) is 0 Å². The lowest BCUT2D eigenvalue weighted by Gasteiger charge is -2.16. The molecule has 1 heterocycles. The first-order valence-electron chi connectivity index (χ1n) is 9.84. The summed E-state index contributed by atoms with van der Waals surface area (Å²) < 4.78 is 10.6. The van der Waals surface area contributed by atoms with Crippen molar-refractivity contribution in [1.82, 2.24) is 4.98 Å². The maximum absolute atomic E-state index is 12.3. The smallest absolute Gasteiger partial charge is 0.310 e. The van der Waals surface area contributed by atoms with Crippen LogP contribution in [0.25, 0.3) is 22.0 Å². The average Bonchev–Trinajstić information content (AvgIpc) is 2.68. The highest BCUT2D eigenvalue weighted by Gasteiger charge is 2.20. The summed E-state index contributed by atoms with van der Waals surface area (Å²) in [6.45, 7) is 6.50. The number of carbonyl (C=O) groups excluding carboxylic acids is 1. The molecule has 0 radical (unpaired) electrons. The molecule has 0 unspecified atom stereocenters. The number of carbonyl (C=O) groups is 1. The fourth-order valence-electron chi connectivity index (χ4n) is 3.54. The van der Waals surface area contributed by atoms with Gasteiger partial charge in [-0.3, -0.25) is 4.79 Å². The second kappa shape index (κ2) is 9.27. The van der Waals surface area contributed by atoms with E-state index in [2.05, 4.69) is 31.0 Å². The highest BCUT2D eigenvalue weighted by molar-refractivity contribution is 6.31. The summed E-state index contributed by atoms with van der Waals surface area (Å²) in [6, 6.07) is 14.0. The molecule has 0 saturated heterocycles. The van der Waals surface area contributed by atoms with E-state index in [1.165, 1.54) is 5.56 Å². The first-order valence-corrected chi connectivity index (χ1v) is 10.2. The van der Waals surface area contributed by atoms with Crippen LogP contribution >= 0.6 is 11.6 Å². The second-order valence-electron chi connectivity index (χ2n) is 7.42. The largest absolute Gasteiger partial charge is 0.497 e.